The number of nitrogens with zero attached hydrogens (tertiary/aromatic N) is 1. The number of likely N-dealkylation sites (tertiary alicyclic amines) is 1. The van der Waals surface area contributed by atoms with Crippen molar-refractivity contribution in [3.8, 4) is 5.75 Å². The van der Waals surface area contributed by atoms with Crippen LogP contribution in [0.15, 0.2) is 48.5 Å². The monoisotopic (exact) mass is 329 g/mol. The maximum Gasteiger partial charge on any atom is 0.210 e. The van der Waals surface area contributed by atoms with Crippen LogP contribution in [-0.4, -0.2) is 25.0 Å². The molecule has 1 aliphatic heterocycles. The van der Waals surface area contributed by atoms with E-state index in [1.165, 1.54) is 5.56 Å². The second-order valence-corrected chi connectivity index (χ2v) is 6.24. The van der Waals surface area contributed by atoms with Gasteiger partial charge in [0.15, 0.2) is 0 Å². The van der Waals surface area contributed by atoms with Gasteiger partial charge < -0.3 is 9.64 Å². The van der Waals surface area contributed by atoms with Crippen molar-refractivity contribution in [3.05, 3.63) is 65.2 Å². The maximum absolute atomic E-state index is 11.1. The number of carbonyl (C=O) groups excluding carboxylic acids is 1. The number of amides is 1. The van der Waals surface area contributed by atoms with Crippen molar-refractivity contribution >= 4 is 18.0 Å². The van der Waals surface area contributed by atoms with Gasteiger partial charge in [0, 0.05) is 6.54 Å². The zero-order chi connectivity index (χ0) is 16.2. The normalized spacial score (nSPS) is 18.7. The van der Waals surface area contributed by atoms with Crippen LogP contribution in [0.2, 0.25) is 0 Å². The highest BCUT2D eigenvalue weighted by Gasteiger charge is 2.24. The van der Waals surface area contributed by atoms with Gasteiger partial charge in [-0.15, -0.1) is 11.6 Å². The molecule has 0 bridgehead atoms. The molecule has 1 heterocycles. The van der Waals surface area contributed by atoms with Gasteiger partial charge in [0.1, 0.15) is 5.75 Å². The lowest BCUT2D eigenvalue weighted by Gasteiger charge is -2.21. The van der Waals surface area contributed by atoms with Crippen LogP contribution in [0, 0.1) is 0 Å². The van der Waals surface area contributed by atoms with E-state index in [4.69, 9.17) is 16.3 Å². The molecule has 120 valence electrons. The molecule has 2 aromatic rings. The van der Waals surface area contributed by atoms with E-state index < -0.39 is 0 Å². The fraction of sp³-hybridized carbons (Fsp3) is 0.316. The zero-order valence-corrected chi connectivity index (χ0v) is 13.9. The summed E-state index contributed by atoms with van der Waals surface area (Å²) in [5, 5.41) is -0.194. The fourth-order valence-electron chi connectivity index (χ4n) is 3.13. The summed E-state index contributed by atoms with van der Waals surface area (Å²) in [7, 11) is 1.65. The molecular formula is C19H20ClNO2. The Morgan fingerprint density at radius 2 is 1.74 bits per heavy atom. The van der Waals surface area contributed by atoms with E-state index in [2.05, 4.69) is 24.3 Å². The van der Waals surface area contributed by atoms with Crippen molar-refractivity contribution in [1.82, 2.24) is 4.90 Å². The van der Waals surface area contributed by atoms with Crippen molar-refractivity contribution in [2.45, 2.75) is 24.3 Å². The molecule has 1 aliphatic rings. The van der Waals surface area contributed by atoms with Crippen LogP contribution in [0.4, 0.5) is 0 Å². The smallest absolute Gasteiger partial charge is 0.210 e. The van der Waals surface area contributed by atoms with Crippen LogP contribution in [0.3, 0.4) is 0 Å². The van der Waals surface area contributed by atoms with Gasteiger partial charge in [-0.05, 0) is 41.7 Å². The Labute approximate surface area is 141 Å². The highest BCUT2D eigenvalue weighted by Crippen LogP contribution is 2.34. The molecule has 3 nitrogen and oxygen atoms in total. The Bertz CT molecular complexity index is 654. The van der Waals surface area contributed by atoms with Gasteiger partial charge in [0.25, 0.3) is 0 Å². The number of benzene rings is 2. The van der Waals surface area contributed by atoms with Crippen LogP contribution in [0.5, 0.6) is 5.75 Å². The number of hydrogen-bond acceptors (Lipinski definition) is 2. The third-order valence-corrected chi connectivity index (χ3v) is 4.96. The molecule has 0 N–H and O–H groups in total. The summed E-state index contributed by atoms with van der Waals surface area (Å²) in [6, 6.07) is 16.3. The van der Waals surface area contributed by atoms with Gasteiger partial charge in [0.2, 0.25) is 6.41 Å². The van der Waals surface area contributed by atoms with Gasteiger partial charge in [-0.2, -0.15) is 0 Å². The van der Waals surface area contributed by atoms with E-state index >= 15 is 0 Å². The van der Waals surface area contributed by atoms with Crippen LogP contribution >= 0.6 is 11.6 Å². The highest BCUT2D eigenvalue weighted by molar-refractivity contribution is 6.22. The van der Waals surface area contributed by atoms with E-state index in [1.807, 2.05) is 29.2 Å². The molecular weight excluding hydrogens is 310 g/mol. The van der Waals surface area contributed by atoms with Gasteiger partial charge in [0.05, 0.1) is 18.5 Å². The SMILES string of the molecule is COc1ccc(C(Cl)c2ccc(C3CCCN3C=O)cc2)cc1. The molecule has 2 unspecified atom stereocenters. The fourth-order valence-corrected chi connectivity index (χ4v) is 3.42. The molecule has 0 aromatic heterocycles. The molecule has 1 amide bonds. The largest absolute Gasteiger partial charge is 0.497 e. The summed E-state index contributed by atoms with van der Waals surface area (Å²) >= 11 is 6.59. The highest BCUT2D eigenvalue weighted by atomic mass is 35.5. The average molecular weight is 330 g/mol. The van der Waals surface area contributed by atoms with E-state index in [1.54, 1.807) is 7.11 Å². The van der Waals surface area contributed by atoms with Gasteiger partial charge in [-0.25, -0.2) is 0 Å². The number of alkyl halides is 1. The van der Waals surface area contributed by atoms with Crippen molar-refractivity contribution in [2.24, 2.45) is 0 Å². The summed E-state index contributed by atoms with van der Waals surface area (Å²) < 4.78 is 5.17. The van der Waals surface area contributed by atoms with E-state index in [9.17, 15) is 4.79 Å². The molecule has 23 heavy (non-hydrogen) atoms. The maximum atomic E-state index is 11.1. The standard InChI is InChI=1S/C19H20ClNO2/c1-23-17-10-8-16(9-11-17)19(20)15-6-4-14(5-7-15)18-3-2-12-21(18)13-22/h4-11,13,18-19H,2-3,12H2,1H3. The van der Waals surface area contributed by atoms with E-state index in [-0.39, 0.29) is 11.4 Å². The minimum atomic E-state index is -0.194. The number of carbonyl (C=O) groups is 1. The molecule has 1 fully saturated rings. The van der Waals surface area contributed by atoms with Crippen molar-refractivity contribution < 1.29 is 9.53 Å². The lowest BCUT2D eigenvalue weighted by atomic mass is 9.99. The molecule has 0 aliphatic carbocycles. The Hall–Kier alpha value is -2.00. The van der Waals surface area contributed by atoms with E-state index in [0.29, 0.717) is 0 Å². The third kappa shape index (κ3) is 3.35. The van der Waals surface area contributed by atoms with E-state index in [0.717, 1.165) is 42.7 Å². The Morgan fingerprint density at radius 1 is 1.13 bits per heavy atom. The first kappa shape index (κ1) is 15.9. The minimum Gasteiger partial charge on any atom is -0.497 e. The first-order valence-corrected chi connectivity index (χ1v) is 8.25. The Kier molecular flexibility index (Phi) is 4.87. The minimum absolute atomic E-state index is 0.194. The summed E-state index contributed by atoms with van der Waals surface area (Å²) in [6.07, 6.45) is 3.04. The first-order chi connectivity index (χ1) is 11.2. The first-order valence-electron chi connectivity index (χ1n) is 7.82. The summed E-state index contributed by atoms with van der Waals surface area (Å²) in [4.78, 5) is 13.0. The second-order valence-electron chi connectivity index (χ2n) is 5.80. The lowest BCUT2D eigenvalue weighted by molar-refractivity contribution is -0.118. The average Bonchev–Trinajstić information content (AvgIpc) is 3.10. The van der Waals surface area contributed by atoms with Crippen LogP contribution in [0.25, 0.3) is 0 Å². The van der Waals surface area contributed by atoms with Crippen LogP contribution in [-0.2, 0) is 4.79 Å². The Morgan fingerprint density at radius 3 is 2.30 bits per heavy atom. The molecule has 1 saturated heterocycles. The molecule has 3 rings (SSSR count). The summed E-state index contributed by atoms with van der Waals surface area (Å²) in [5.74, 6) is 0.822. The van der Waals surface area contributed by atoms with Gasteiger partial charge in [-0.1, -0.05) is 36.4 Å². The molecule has 0 saturated carbocycles. The zero-order valence-electron chi connectivity index (χ0n) is 13.1. The van der Waals surface area contributed by atoms with Crippen LogP contribution < -0.4 is 4.74 Å². The van der Waals surface area contributed by atoms with Crippen molar-refractivity contribution in [1.29, 1.82) is 0 Å². The predicted molar refractivity (Wildman–Crippen MR) is 91.9 cm³/mol. The van der Waals surface area contributed by atoms with Gasteiger partial charge >= 0.3 is 0 Å². The Balaban J connectivity index is 1.76. The molecule has 0 spiro atoms. The molecule has 2 atom stereocenters. The lowest BCUT2D eigenvalue weighted by Crippen LogP contribution is -2.21. The predicted octanol–water partition coefficient (Wildman–Crippen LogP) is 4.32. The summed E-state index contributed by atoms with van der Waals surface area (Å²) in [6.45, 7) is 0.847. The van der Waals surface area contributed by atoms with Crippen LogP contribution in [0.1, 0.15) is 41.0 Å². The third-order valence-electron chi connectivity index (χ3n) is 4.45. The molecule has 4 heteroatoms. The number of hydrogen-bond donors (Lipinski definition) is 0. The van der Waals surface area contributed by atoms with Crippen molar-refractivity contribution in [3.63, 3.8) is 0 Å². The van der Waals surface area contributed by atoms with Crippen molar-refractivity contribution in [2.75, 3.05) is 13.7 Å². The molecule has 0 radical (unpaired) electrons. The number of methoxy groups -OCH3 is 1. The van der Waals surface area contributed by atoms with Gasteiger partial charge in [-0.3, -0.25) is 4.79 Å². The number of ether oxygens (including phenoxy) is 1. The topological polar surface area (TPSA) is 29.5 Å². The number of rotatable bonds is 5. The molecule has 2 aromatic carbocycles. The second kappa shape index (κ2) is 7.05. The quantitative estimate of drug-likeness (QED) is 0.604. The summed E-state index contributed by atoms with van der Waals surface area (Å²) in [5.41, 5.74) is 3.27. The number of halogens is 1.